The molecule has 0 bridgehead atoms. The number of hydrogen-bond donors (Lipinski definition) is 0. The van der Waals surface area contributed by atoms with E-state index in [0.717, 1.165) is 31.2 Å². The summed E-state index contributed by atoms with van der Waals surface area (Å²) in [6, 6.07) is 11.9. The molecular formula is C23H38O3S3Si. The van der Waals surface area contributed by atoms with Gasteiger partial charge in [0.15, 0.2) is 5.12 Å². The highest BCUT2D eigenvalue weighted by Gasteiger charge is 2.37. The van der Waals surface area contributed by atoms with Crippen molar-refractivity contribution in [3.8, 4) is 0 Å². The van der Waals surface area contributed by atoms with E-state index in [1.54, 1.807) is 6.92 Å². The lowest BCUT2D eigenvalue weighted by Crippen LogP contribution is -2.32. The van der Waals surface area contributed by atoms with Gasteiger partial charge in [0.25, 0.3) is 0 Å². The Hall–Kier alpha value is 0.0769. The fourth-order valence-corrected chi connectivity index (χ4v) is 8.07. The lowest BCUT2D eigenvalue weighted by atomic mass is 10.1. The van der Waals surface area contributed by atoms with Gasteiger partial charge in [-0.15, -0.1) is 23.5 Å². The van der Waals surface area contributed by atoms with Crippen LogP contribution in [-0.4, -0.2) is 48.3 Å². The van der Waals surface area contributed by atoms with Crippen molar-refractivity contribution in [2.24, 2.45) is 0 Å². The first-order chi connectivity index (χ1) is 14.3. The highest BCUT2D eigenvalue weighted by Crippen LogP contribution is 2.52. The summed E-state index contributed by atoms with van der Waals surface area (Å²) in [6.45, 7) is 9.88. The first kappa shape index (κ1) is 26.3. The highest BCUT2D eigenvalue weighted by atomic mass is 32.2. The van der Waals surface area contributed by atoms with Crippen molar-refractivity contribution in [1.29, 1.82) is 0 Å². The van der Waals surface area contributed by atoms with Crippen LogP contribution in [-0.2, 0) is 14.3 Å². The summed E-state index contributed by atoms with van der Waals surface area (Å²) in [5.41, 5.74) is 0. The van der Waals surface area contributed by atoms with Gasteiger partial charge in [-0.2, -0.15) is 0 Å². The number of hydrogen-bond acceptors (Lipinski definition) is 6. The summed E-state index contributed by atoms with van der Waals surface area (Å²) >= 11 is 5.50. The molecule has 0 saturated carbocycles. The van der Waals surface area contributed by atoms with E-state index < -0.39 is 8.07 Å². The van der Waals surface area contributed by atoms with Crippen LogP contribution in [0, 0.1) is 0 Å². The van der Waals surface area contributed by atoms with Crippen LogP contribution >= 0.6 is 35.3 Å². The summed E-state index contributed by atoms with van der Waals surface area (Å²) < 4.78 is 12.2. The average Bonchev–Trinajstić information content (AvgIpc) is 2.68. The minimum atomic E-state index is -1.09. The molecule has 1 aliphatic heterocycles. The third kappa shape index (κ3) is 11.1. The molecule has 0 amide bonds. The van der Waals surface area contributed by atoms with Gasteiger partial charge in [0.2, 0.25) is 0 Å². The maximum Gasteiger partial charge on any atom is 0.185 e. The number of carbonyl (C=O) groups excluding carboxylic acids is 1. The lowest BCUT2D eigenvalue weighted by Gasteiger charge is -2.38. The van der Waals surface area contributed by atoms with Gasteiger partial charge in [-0.1, -0.05) is 56.0 Å². The first-order valence-corrected chi connectivity index (χ1v) is 17.5. The van der Waals surface area contributed by atoms with Crippen molar-refractivity contribution < 1.29 is 14.3 Å². The van der Waals surface area contributed by atoms with Gasteiger partial charge in [-0.25, -0.2) is 0 Å². The zero-order chi connectivity index (χ0) is 21.9. The van der Waals surface area contributed by atoms with Gasteiger partial charge in [0.1, 0.15) is 6.79 Å². The zero-order valence-corrected chi connectivity index (χ0v) is 22.4. The topological polar surface area (TPSA) is 35.5 Å². The summed E-state index contributed by atoms with van der Waals surface area (Å²) in [6.07, 6.45) is 5.77. The minimum absolute atomic E-state index is 0.116. The molecule has 1 aliphatic rings. The van der Waals surface area contributed by atoms with E-state index in [9.17, 15) is 4.79 Å². The predicted octanol–water partition coefficient (Wildman–Crippen LogP) is 7.15. The van der Waals surface area contributed by atoms with Crippen LogP contribution in [0.15, 0.2) is 35.2 Å². The fourth-order valence-electron chi connectivity index (χ4n) is 3.32. The van der Waals surface area contributed by atoms with Crippen molar-refractivity contribution in [3.05, 3.63) is 30.3 Å². The molecule has 1 aromatic carbocycles. The fraction of sp³-hybridized carbons (Fsp3) is 0.696. The maximum absolute atomic E-state index is 11.4. The molecule has 1 saturated heterocycles. The van der Waals surface area contributed by atoms with Gasteiger partial charge >= 0.3 is 0 Å². The first-order valence-electron chi connectivity index (χ1n) is 11.0. The van der Waals surface area contributed by atoms with E-state index in [1.165, 1.54) is 41.7 Å². The summed E-state index contributed by atoms with van der Waals surface area (Å²) in [5.74, 6) is 2.02. The largest absolute Gasteiger partial charge is 0.356 e. The maximum atomic E-state index is 11.4. The third-order valence-corrected chi connectivity index (χ3v) is 10.8. The Bertz CT molecular complexity index is 616. The zero-order valence-electron chi connectivity index (χ0n) is 19.0. The molecular weight excluding hydrogens is 449 g/mol. The summed E-state index contributed by atoms with van der Waals surface area (Å²) in [4.78, 5) is 12.7. The summed E-state index contributed by atoms with van der Waals surface area (Å²) in [5, 5.41) is 0.181. The van der Waals surface area contributed by atoms with Gasteiger partial charge in [0, 0.05) is 32.3 Å². The average molecular weight is 487 g/mol. The van der Waals surface area contributed by atoms with Crippen molar-refractivity contribution in [1.82, 2.24) is 0 Å². The molecule has 7 heteroatoms. The van der Waals surface area contributed by atoms with E-state index in [-0.39, 0.29) is 15.3 Å². The Morgan fingerprint density at radius 2 is 2.00 bits per heavy atom. The molecule has 1 fully saturated rings. The van der Waals surface area contributed by atoms with Crippen molar-refractivity contribution >= 4 is 48.5 Å². The van der Waals surface area contributed by atoms with Crippen molar-refractivity contribution in [2.75, 3.05) is 24.9 Å². The Labute approximate surface area is 197 Å². The molecule has 0 aliphatic carbocycles. The van der Waals surface area contributed by atoms with E-state index in [0.29, 0.717) is 6.79 Å². The molecule has 1 aromatic rings. The monoisotopic (exact) mass is 486 g/mol. The lowest BCUT2D eigenvalue weighted by molar-refractivity contribution is -0.109. The Balaban J connectivity index is 1.97. The van der Waals surface area contributed by atoms with Gasteiger partial charge < -0.3 is 9.47 Å². The molecule has 0 N–H and O–H groups in total. The number of carbonyl (C=O) groups is 1. The quantitative estimate of drug-likeness (QED) is 0.167. The molecule has 2 rings (SSSR count). The van der Waals surface area contributed by atoms with Crippen LogP contribution < -0.4 is 0 Å². The minimum Gasteiger partial charge on any atom is -0.356 e. The third-order valence-electron chi connectivity index (χ3n) is 5.03. The number of benzene rings is 1. The Morgan fingerprint density at radius 1 is 1.23 bits per heavy atom. The molecule has 0 spiro atoms. The van der Waals surface area contributed by atoms with Crippen LogP contribution in [0.2, 0.25) is 25.7 Å². The Morgan fingerprint density at radius 3 is 2.63 bits per heavy atom. The second kappa shape index (κ2) is 13.6. The molecule has 30 heavy (non-hydrogen) atoms. The molecule has 1 heterocycles. The van der Waals surface area contributed by atoms with Crippen molar-refractivity contribution in [3.63, 3.8) is 0 Å². The number of rotatable bonds is 13. The SMILES string of the molecule is CC(=O)SCC[C@@H](C[C@@]1(Sc2ccccc2)CCCCS1)OCOCC[Si](C)(C)C. The van der Waals surface area contributed by atoms with Gasteiger partial charge in [-0.3, -0.25) is 4.79 Å². The smallest absolute Gasteiger partial charge is 0.185 e. The second-order valence-corrected chi connectivity index (χ2v) is 19.2. The van der Waals surface area contributed by atoms with Crippen LogP contribution in [0.5, 0.6) is 0 Å². The number of ether oxygens (including phenoxy) is 2. The van der Waals surface area contributed by atoms with E-state index in [2.05, 4.69) is 61.7 Å². The molecule has 0 unspecified atom stereocenters. The van der Waals surface area contributed by atoms with Gasteiger partial charge in [-0.05, 0) is 49.6 Å². The van der Waals surface area contributed by atoms with Crippen LogP contribution in [0.3, 0.4) is 0 Å². The molecule has 0 aromatic heterocycles. The standard InChI is InChI=1S/C23H38O3S3Si/c1-20(24)27-16-12-21(26-19-25-14-17-30(2,3)4)18-23(13-8-9-15-28-23)29-22-10-6-5-7-11-22/h5-7,10-11,21H,8-9,12-19H2,1-4H3/t21-,23-/m0/s1. The van der Waals surface area contributed by atoms with Crippen LogP contribution in [0.1, 0.15) is 39.0 Å². The molecule has 170 valence electrons. The van der Waals surface area contributed by atoms with E-state index in [4.69, 9.17) is 9.47 Å². The Kier molecular flexibility index (Phi) is 11.9. The van der Waals surface area contributed by atoms with Crippen LogP contribution in [0.4, 0.5) is 0 Å². The number of thioether (sulfide) groups is 3. The molecule has 3 nitrogen and oxygen atoms in total. The molecule has 2 atom stereocenters. The van der Waals surface area contributed by atoms with E-state index in [1.807, 2.05) is 11.8 Å². The second-order valence-electron chi connectivity index (χ2n) is 9.09. The summed E-state index contributed by atoms with van der Waals surface area (Å²) in [7, 11) is -1.09. The highest BCUT2D eigenvalue weighted by molar-refractivity contribution is 8.18. The normalized spacial score (nSPS) is 20.8. The predicted molar refractivity (Wildman–Crippen MR) is 138 cm³/mol. The van der Waals surface area contributed by atoms with Crippen molar-refractivity contribution in [2.45, 2.75) is 79.8 Å². The van der Waals surface area contributed by atoms with E-state index >= 15 is 0 Å². The molecule has 0 radical (unpaired) electrons. The van der Waals surface area contributed by atoms with Gasteiger partial charge in [0.05, 0.1) is 10.2 Å². The van der Waals surface area contributed by atoms with Crippen LogP contribution in [0.25, 0.3) is 0 Å².